The average molecular weight is 409 g/mol. The Morgan fingerprint density at radius 3 is 2.50 bits per heavy atom. The van der Waals surface area contributed by atoms with E-state index in [9.17, 15) is 18.0 Å². The predicted molar refractivity (Wildman–Crippen MR) is 101 cm³/mol. The lowest BCUT2D eigenvalue weighted by Crippen LogP contribution is -2.30. The molecule has 0 spiro atoms. The summed E-state index contributed by atoms with van der Waals surface area (Å²) in [4.78, 5) is 16.2. The Morgan fingerprint density at radius 2 is 1.86 bits per heavy atom. The van der Waals surface area contributed by atoms with Crippen LogP contribution in [0.4, 0.5) is 13.2 Å². The molecule has 0 N–H and O–H groups in total. The Morgan fingerprint density at radius 1 is 1.11 bits per heavy atom. The molecular weight excluding hydrogens is 389 g/mol. The maximum atomic E-state index is 13.7. The van der Waals surface area contributed by atoms with E-state index in [1.807, 2.05) is 36.9 Å². The second-order valence-corrected chi connectivity index (χ2v) is 8.12. The van der Waals surface area contributed by atoms with Crippen LogP contribution in [0.5, 0.6) is 0 Å². The second-order valence-electron chi connectivity index (χ2n) is 7.72. The van der Waals surface area contributed by atoms with Crippen LogP contribution in [0.1, 0.15) is 52.0 Å². The molecule has 3 nitrogen and oxygen atoms in total. The summed E-state index contributed by atoms with van der Waals surface area (Å²) in [6, 6.07) is 8.34. The fourth-order valence-electron chi connectivity index (χ4n) is 4.07. The largest absolute Gasteiger partial charge is 0.416 e. The Labute approximate surface area is 166 Å². The maximum absolute atomic E-state index is 13.7. The molecule has 4 rings (SSSR count). The van der Waals surface area contributed by atoms with E-state index in [1.165, 1.54) is 11.0 Å². The number of nitrogens with zero attached hydrogens (tertiary/aromatic N) is 2. The van der Waals surface area contributed by atoms with E-state index in [0.717, 1.165) is 11.1 Å². The highest BCUT2D eigenvalue weighted by Crippen LogP contribution is 2.39. The van der Waals surface area contributed by atoms with Gasteiger partial charge in [-0.2, -0.15) is 13.2 Å². The van der Waals surface area contributed by atoms with Gasteiger partial charge in [0.05, 0.1) is 5.56 Å². The van der Waals surface area contributed by atoms with Crippen molar-refractivity contribution in [3.8, 4) is 0 Å². The molecule has 0 radical (unpaired) electrons. The number of alkyl halides is 3. The van der Waals surface area contributed by atoms with Crippen molar-refractivity contribution >= 4 is 17.5 Å². The van der Waals surface area contributed by atoms with E-state index < -0.39 is 11.7 Å². The highest BCUT2D eigenvalue weighted by Gasteiger charge is 2.40. The Kier molecular flexibility index (Phi) is 4.67. The Bertz CT molecular complexity index is 955. The lowest BCUT2D eigenvalue weighted by Gasteiger charge is -2.20. The Balaban J connectivity index is 1.67. The standard InChI is InChI=1S/C21H20ClF3N2O/c1-12(2)27-11-17-15(20(27)28)6-13(7-18(17)21(23,24)25)8-26-9-14-4-3-5-19(22)16(14)10-26/h3-7,12H,8-11H2,1-2H3. The molecule has 2 heterocycles. The van der Waals surface area contributed by atoms with Crippen LogP contribution in [0.3, 0.4) is 0 Å². The first kappa shape index (κ1) is 19.3. The van der Waals surface area contributed by atoms with Gasteiger partial charge >= 0.3 is 6.18 Å². The normalized spacial score (nSPS) is 16.8. The monoisotopic (exact) mass is 408 g/mol. The zero-order valence-corrected chi connectivity index (χ0v) is 16.4. The molecule has 0 saturated carbocycles. The highest BCUT2D eigenvalue weighted by atomic mass is 35.5. The fourth-order valence-corrected chi connectivity index (χ4v) is 4.32. The summed E-state index contributed by atoms with van der Waals surface area (Å²) in [5.74, 6) is -0.329. The molecule has 2 aromatic rings. The van der Waals surface area contributed by atoms with Crippen LogP contribution in [-0.4, -0.2) is 21.7 Å². The molecule has 2 aromatic carbocycles. The van der Waals surface area contributed by atoms with Gasteiger partial charge in [-0.1, -0.05) is 23.7 Å². The summed E-state index contributed by atoms with van der Waals surface area (Å²) >= 11 is 6.24. The van der Waals surface area contributed by atoms with Crippen molar-refractivity contribution in [1.29, 1.82) is 0 Å². The number of fused-ring (bicyclic) bond motifs is 2. The minimum atomic E-state index is -4.50. The van der Waals surface area contributed by atoms with E-state index in [-0.39, 0.29) is 29.6 Å². The van der Waals surface area contributed by atoms with Gasteiger partial charge in [0.2, 0.25) is 0 Å². The van der Waals surface area contributed by atoms with Gasteiger partial charge in [0, 0.05) is 42.8 Å². The number of halogens is 4. The van der Waals surface area contributed by atoms with Crippen molar-refractivity contribution < 1.29 is 18.0 Å². The summed E-state index contributed by atoms with van der Waals surface area (Å²) < 4.78 is 41.1. The van der Waals surface area contributed by atoms with Gasteiger partial charge in [0.1, 0.15) is 0 Å². The van der Waals surface area contributed by atoms with E-state index in [0.29, 0.717) is 30.2 Å². The van der Waals surface area contributed by atoms with Crippen molar-refractivity contribution in [3.63, 3.8) is 0 Å². The molecule has 0 saturated heterocycles. The highest BCUT2D eigenvalue weighted by molar-refractivity contribution is 6.31. The quantitative estimate of drug-likeness (QED) is 0.693. The molecule has 2 aliphatic rings. The summed E-state index contributed by atoms with van der Waals surface area (Å²) in [6.45, 7) is 5.16. The van der Waals surface area contributed by atoms with Crippen molar-refractivity contribution in [2.45, 2.75) is 52.2 Å². The number of amides is 1. The van der Waals surface area contributed by atoms with Gasteiger partial charge in [-0.25, -0.2) is 0 Å². The van der Waals surface area contributed by atoms with Gasteiger partial charge in [0.25, 0.3) is 5.91 Å². The molecule has 0 fully saturated rings. The van der Waals surface area contributed by atoms with E-state index in [4.69, 9.17) is 11.6 Å². The number of rotatable bonds is 3. The minimum Gasteiger partial charge on any atom is -0.332 e. The summed E-state index contributed by atoms with van der Waals surface area (Å²) in [5, 5.41) is 0.674. The zero-order chi connectivity index (χ0) is 20.2. The van der Waals surface area contributed by atoms with Gasteiger partial charge in [-0.05, 0) is 54.3 Å². The van der Waals surface area contributed by atoms with E-state index in [1.54, 1.807) is 6.07 Å². The van der Waals surface area contributed by atoms with Crippen LogP contribution in [0.2, 0.25) is 5.02 Å². The van der Waals surface area contributed by atoms with Crippen LogP contribution in [-0.2, 0) is 32.4 Å². The topological polar surface area (TPSA) is 23.6 Å². The smallest absolute Gasteiger partial charge is 0.332 e. The number of carbonyl (C=O) groups is 1. The van der Waals surface area contributed by atoms with Crippen molar-refractivity contribution in [2.24, 2.45) is 0 Å². The molecule has 0 aromatic heterocycles. The summed E-state index contributed by atoms with van der Waals surface area (Å²) in [6.07, 6.45) is -4.50. The van der Waals surface area contributed by atoms with Crippen LogP contribution < -0.4 is 0 Å². The molecule has 0 atom stereocenters. The number of carbonyl (C=O) groups excluding carboxylic acids is 1. The molecule has 148 valence electrons. The number of hydrogen-bond donors (Lipinski definition) is 0. The summed E-state index contributed by atoms with van der Waals surface area (Å²) in [7, 11) is 0. The number of hydrogen-bond acceptors (Lipinski definition) is 2. The van der Waals surface area contributed by atoms with Crippen molar-refractivity contribution in [3.05, 3.63) is 68.7 Å². The van der Waals surface area contributed by atoms with Crippen molar-refractivity contribution in [2.75, 3.05) is 0 Å². The predicted octanol–water partition coefficient (Wildman–Crippen LogP) is 5.24. The van der Waals surface area contributed by atoms with E-state index >= 15 is 0 Å². The van der Waals surface area contributed by atoms with Gasteiger partial charge in [-0.3, -0.25) is 9.69 Å². The van der Waals surface area contributed by atoms with Gasteiger partial charge < -0.3 is 4.90 Å². The molecule has 1 amide bonds. The van der Waals surface area contributed by atoms with Crippen LogP contribution >= 0.6 is 11.6 Å². The zero-order valence-electron chi connectivity index (χ0n) is 15.6. The molecule has 0 aliphatic carbocycles. The third kappa shape index (κ3) is 3.29. The second kappa shape index (κ2) is 6.78. The van der Waals surface area contributed by atoms with Crippen LogP contribution in [0, 0.1) is 0 Å². The van der Waals surface area contributed by atoms with Gasteiger partial charge in [0.15, 0.2) is 0 Å². The van der Waals surface area contributed by atoms with Crippen molar-refractivity contribution in [1.82, 2.24) is 9.80 Å². The first-order valence-electron chi connectivity index (χ1n) is 9.17. The first-order valence-corrected chi connectivity index (χ1v) is 9.55. The molecular formula is C21H20ClF3N2O. The first-order chi connectivity index (χ1) is 13.1. The minimum absolute atomic E-state index is 0.00567. The average Bonchev–Trinajstić information content (AvgIpc) is 3.16. The van der Waals surface area contributed by atoms with Gasteiger partial charge in [-0.15, -0.1) is 0 Å². The third-order valence-electron chi connectivity index (χ3n) is 5.46. The van der Waals surface area contributed by atoms with Crippen LogP contribution in [0.25, 0.3) is 0 Å². The molecule has 0 unspecified atom stereocenters. The summed E-state index contributed by atoms with van der Waals surface area (Å²) in [5.41, 5.74) is 2.16. The van der Waals surface area contributed by atoms with Crippen LogP contribution in [0.15, 0.2) is 30.3 Å². The third-order valence-corrected chi connectivity index (χ3v) is 5.81. The number of benzene rings is 2. The Hall–Kier alpha value is -2.05. The SMILES string of the molecule is CC(C)N1Cc2c(cc(CN3Cc4cccc(Cl)c4C3)cc2C(F)(F)F)C1=O. The maximum Gasteiger partial charge on any atom is 0.416 e. The lowest BCUT2D eigenvalue weighted by atomic mass is 9.98. The molecule has 0 bridgehead atoms. The fraction of sp³-hybridized carbons (Fsp3) is 0.381. The molecule has 7 heteroatoms. The molecule has 2 aliphatic heterocycles. The van der Waals surface area contributed by atoms with E-state index in [2.05, 4.69) is 0 Å². The lowest BCUT2D eigenvalue weighted by molar-refractivity contribution is -0.138. The molecule has 28 heavy (non-hydrogen) atoms.